The number of benzene rings is 2. The van der Waals surface area contributed by atoms with E-state index in [4.69, 9.17) is 16.3 Å². The molecule has 26 heavy (non-hydrogen) atoms. The van der Waals surface area contributed by atoms with E-state index in [1.165, 1.54) is 11.8 Å². The van der Waals surface area contributed by atoms with Crippen molar-refractivity contribution in [2.24, 2.45) is 5.10 Å². The van der Waals surface area contributed by atoms with Gasteiger partial charge < -0.3 is 4.74 Å². The molecule has 0 radical (unpaired) electrons. The lowest BCUT2D eigenvalue weighted by Gasteiger charge is -2.25. The maximum Gasteiger partial charge on any atom is 0.250 e. The first kappa shape index (κ1) is 19.1. The van der Waals surface area contributed by atoms with Gasteiger partial charge in [0.1, 0.15) is 11.9 Å². The summed E-state index contributed by atoms with van der Waals surface area (Å²) >= 11 is 9.27. The van der Waals surface area contributed by atoms with E-state index in [0.717, 1.165) is 34.1 Å². The Hall–Kier alpha value is -1.63. The van der Waals surface area contributed by atoms with Crippen molar-refractivity contribution in [1.82, 2.24) is 5.43 Å². The van der Waals surface area contributed by atoms with E-state index in [-0.39, 0.29) is 5.91 Å². The van der Waals surface area contributed by atoms with Crippen LogP contribution in [0.5, 0.6) is 5.75 Å². The quantitative estimate of drug-likeness (QED) is 0.526. The number of hydrogen-bond donors (Lipinski definition) is 1. The lowest BCUT2D eigenvalue weighted by atomic mass is 10.2. The highest BCUT2D eigenvalue weighted by Crippen LogP contribution is 2.24. The predicted octanol–water partition coefficient (Wildman–Crippen LogP) is 4.22. The molecule has 0 aromatic heterocycles. The summed E-state index contributed by atoms with van der Waals surface area (Å²) in [5.74, 6) is 3.91. The molecule has 0 atom stereocenters. The number of nitrogens with zero attached hydrogens (tertiary/aromatic N) is 1. The highest BCUT2D eigenvalue weighted by molar-refractivity contribution is 8.00. The number of carbonyl (C=O) groups excluding carboxylic acids is 1. The second kappa shape index (κ2) is 9.90. The molecule has 1 saturated heterocycles. The molecule has 136 valence electrons. The van der Waals surface area contributed by atoms with Crippen LogP contribution >= 0.6 is 35.1 Å². The van der Waals surface area contributed by atoms with E-state index in [1.54, 1.807) is 6.21 Å². The molecule has 1 aliphatic heterocycles. The van der Waals surface area contributed by atoms with Gasteiger partial charge in [0.25, 0.3) is 0 Å². The van der Waals surface area contributed by atoms with Gasteiger partial charge in [-0.15, -0.1) is 11.8 Å². The molecular weight excluding hydrogens is 388 g/mol. The predicted molar refractivity (Wildman–Crippen MR) is 112 cm³/mol. The lowest BCUT2D eigenvalue weighted by molar-refractivity contribution is -0.118. The third-order valence-electron chi connectivity index (χ3n) is 3.59. The topological polar surface area (TPSA) is 50.7 Å². The van der Waals surface area contributed by atoms with E-state index in [2.05, 4.69) is 10.5 Å². The minimum absolute atomic E-state index is 0.126. The number of thioether (sulfide) groups is 2. The van der Waals surface area contributed by atoms with Gasteiger partial charge >= 0.3 is 0 Å². The van der Waals surface area contributed by atoms with E-state index in [9.17, 15) is 4.79 Å². The van der Waals surface area contributed by atoms with Crippen LogP contribution in [0.4, 0.5) is 0 Å². The van der Waals surface area contributed by atoms with Gasteiger partial charge in [0.2, 0.25) is 5.91 Å². The maximum absolute atomic E-state index is 11.8. The first-order valence-corrected chi connectivity index (χ1v) is 10.9. The second-order valence-corrected chi connectivity index (χ2v) is 8.26. The van der Waals surface area contributed by atoms with E-state index >= 15 is 0 Å². The largest absolute Gasteiger partial charge is 0.489 e. The molecule has 1 aliphatic rings. The monoisotopic (exact) mass is 406 g/mol. The molecule has 0 spiro atoms. The Labute approximate surface area is 166 Å². The summed E-state index contributed by atoms with van der Waals surface area (Å²) in [6, 6.07) is 15.3. The van der Waals surface area contributed by atoms with Crippen LogP contribution in [0.3, 0.4) is 0 Å². The molecule has 2 aromatic rings. The number of rotatable bonds is 8. The molecule has 0 bridgehead atoms. The molecular formula is C19H19ClN2O2S2. The molecule has 1 N–H and O–H groups in total. The fourth-order valence-electron chi connectivity index (χ4n) is 2.20. The van der Waals surface area contributed by atoms with Gasteiger partial charge in [0.15, 0.2) is 0 Å². The molecule has 1 amide bonds. The van der Waals surface area contributed by atoms with Gasteiger partial charge in [-0.3, -0.25) is 4.79 Å². The number of hydrogen-bond acceptors (Lipinski definition) is 5. The number of hydrazone groups is 1. The molecule has 4 nitrogen and oxygen atoms in total. The van der Waals surface area contributed by atoms with Crippen LogP contribution in [0.15, 0.2) is 53.6 Å². The van der Waals surface area contributed by atoms with Crippen molar-refractivity contribution in [3.8, 4) is 5.75 Å². The zero-order valence-corrected chi connectivity index (χ0v) is 16.4. The van der Waals surface area contributed by atoms with Gasteiger partial charge in [-0.2, -0.15) is 16.9 Å². The molecule has 3 rings (SSSR count). The normalized spacial score (nSPS) is 14.2. The standard InChI is InChI=1S/C19H19ClN2O2S2/c20-16-6-4-14(5-7-16)10-25-13-19(23)22-21-9-15-2-1-3-17(8-15)24-18-11-26-12-18/h1-9,18H,10-13H2,(H,22,23)/b21-9+. The van der Waals surface area contributed by atoms with Crippen molar-refractivity contribution < 1.29 is 9.53 Å². The molecule has 0 unspecified atom stereocenters. The summed E-state index contributed by atoms with van der Waals surface area (Å²) in [4.78, 5) is 11.8. The van der Waals surface area contributed by atoms with Gasteiger partial charge in [-0.25, -0.2) is 5.43 Å². The van der Waals surface area contributed by atoms with Crippen LogP contribution < -0.4 is 10.2 Å². The Kier molecular flexibility index (Phi) is 7.29. The fourth-order valence-corrected chi connectivity index (χ4v) is 3.67. The minimum Gasteiger partial charge on any atom is -0.489 e. The van der Waals surface area contributed by atoms with Crippen LogP contribution in [-0.2, 0) is 10.5 Å². The summed E-state index contributed by atoms with van der Waals surface area (Å²) in [6.07, 6.45) is 1.94. The van der Waals surface area contributed by atoms with E-state index in [1.807, 2.05) is 60.3 Å². The Bertz CT molecular complexity index is 764. The summed E-state index contributed by atoms with van der Waals surface area (Å²) in [5.41, 5.74) is 4.58. The Morgan fingerprint density at radius 3 is 2.85 bits per heavy atom. The number of ether oxygens (including phenoxy) is 1. The maximum atomic E-state index is 11.8. The Morgan fingerprint density at radius 1 is 1.31 bits per heavy atom. The summed E-state index contributed by atoms with van der Waals surface area (Å²) in [6.45, 7) is 0. The van der Waals surface area contributed by atoms with Crippen molar-refractivity contribution in [3.05, 3.63) is 64.7 Å². The second-order valence-electron chi connectivity index (χ2n) is 5.76. The number of nitrogens with one attached hydrogen (secondary N) is 1. The average molecular weight is 407 g/mol. The number of amides is 1. The van der Waals surface area contributed by atoms with Gasteiger partial charge in [0, 0.05) is 22.3 Å². The van der Waals surface area contributed by atoms with Gasteiger partial charge in [0.05, 0.1) is 12.0 Å². The molecule has 2 aromatic carbocycles. The Balaban J connectivity index is 1.39. The van der Waals surface area contributed by atoms with Crippen LogP contribution in [0.1, 0.15) is 11.1 Å². The van der Waals surface area contributed by atoms with Crippen LogP contribution in [-0.4, -0.2) is 35.5 Å². The molecule has 7 heteroatoms. The van der Waals surface area contributed by atoms with Crippen molar-refractivity contribution in [2.75, 3.05) is 17.3 Å². The van der Waals surface area contributed by atoms with Gasteiger partial charge in [-0.05, 0) is 35.4 Å². The first-order valence-electron chi connectivity index (χ1n) is 8.17. The van der Waals surface area contributed by atoms with Crippen molar-refractivity contribution >= 4 is 47.2 Å². The highest BCUT2D eigenvalue weighted by atomic mass is 35.5. The zero-order valence-electron chi connectivity index (χ0n) is 14.1. The van der Waals surface area contributed by atoms with Crippen LogP contribution in [0.25, 0.3) is 0 Å². The zero-order chi connectivity index (χ0) is 18.2. The average Bonchev–Trinajstić information content (AvgIpc) is 2.60. The lowest BCUT2D eigenvalue weighted by Crippen LogP contribution is -2.31. The molecule has 0 aliphatic carbocycles. The molecule has 0 saturated carbocycles. The highest BCUT2D eigenvalue weighted by Gasteiger charge is 2.19. The smallest absolute Gasteiger partial charge is 0.250 e. The third kappa shape index (κ3) is 6.27. The SMILES string of the molecule is O=C(CSCc1ccc(Cl)cc1)N/N=C/c1cccc(OC2CSC2)c1. The third-order valence-corrected chi connectivity index (χ3v) is 6.06. The number of carbonyl (C=O) groups is 1. The minimum atomic E-state index is -0.126. The van der Waals surface area contributed by atoms with Crippen LogP contribution in [0, 0.1) is 0 Å². The summed E-state index contributed by atoms with van der Waals surface area (Å²) in [5, 5.41) is 4.73. The van der Waals surface area contributed by atoms with Crippen molar-refractivity contribution in [1.29, 1.82) is 0 Å². The Morgan fingerprint density at radius 2 is 2.12 bits per heavy atom. The number of halogens is 1. The first-order chi connectivity index (χ1) is 12.7. The van der Waals surface area contributed by atoms with Crippen LogP contribution in [0.2, 0.25) is 5.02 Å². The van der Waals surface area contributed by atoms with E-state index < -0.39 is 0 Å². The molecule has 1 fully saturated rings. The van der Waals surface area contributed by atoms with Gasteiger partial charge in [-0.1, -0.05) is 35.9 Å². The molecule has 1 heterocycles. The summed E-state index contributed by atoms with van der Waals surface area (Å²) in [7, 11) is 0. The van der Waals surface area contributed by atoms with Crippen molar-refractivity contribution in [2.45, 2.75) is 11.9 Å². The van der Waals surface area contributed by atoms with Crippen molar-refractivity contribution in [3.63, 3.8) is 0 Å². The fraction of sp³-hybridized carbons (Fsp3) is 0.263. The van der Waals surface area contributed by atoms with E-state index in [0.29, 0.717) is 16.9 Å². The summed E-state index contributed by atoms with van der Waals surface area (Å²) < 4.78 is 5.84.